The SMILES string of the molecule is CC(C)CC(CCO)CNC(=O)N1c2ccccc2CC1C. The van der Waals surface area contributed by atoms with E-state index in [0.717, 1.165) is 24.9 Å². The molecule has 1 aliphatic rings. The summed E-state index contributed by atoms with van der Waals surface area (Å²) in [6.07, 6.45) is 2.67. The Bertz CT molecular complexity index is 502. The smallest absolute Gasteiger partial charge is 0.322 e. The monoisotopic (exact) mass is 304 g/mol. The number of carbonyl (C=O) groups is 1. The van der Waals surface area contributed by atoms with Gasteiger partial charge in [0, 0.05) is 24.9 Å². The third-order valence-corrected chi connectivity index (χ3v) is 4.31. The predicted molar refractivity (Wildman–Crippen MR) is 90.1 cm³/mol. The molecule has 2 rings (SSSR count). The van der Waals surface area contributed by atoms with Gasteiger partial charge < -0.3 is 10.4 Å². The summed E-state index contributed by atoms with van der Waals surface area (Å²) in [5, 5.41) is 12.2. The summed E-state index contributed by atoms with van der Waals surface area (Å²) in [6, 6.07) is 8.27. The van der Waals surface area contributed by atoms with Crippen molar-refractivity contribution < 1.29 is 9.90 Å². The molecule has 0 radical (unpaired) electrons. The first kappa shape index (κ1) is 16.8. The van der Waals surface area contributed by atoms with Crippen LogP contribution >= 0.6 is 0 Å². The average molecular weight is 304 g/mol. The van der Waals surface area contributed by atoms with Gasteiger partial charge in [-0.2, -0.15) is 0 Å². The first-order chi connectivity index (χ1) is 10.5. The Morgan fingerprint density at radius 3 is 2.82 bits per heavy atom. The van der Waals surface area contributed by atoms with Crippen LogP contribution in [0.25, 0.3) is 0 Å². The molecule has 4 heteroatoms. The number of aliphatic hydroxyl groups is 1. The summed E-state index contributed by atoms with van der Waals surface area (Å²) in [5.41, 5.74) is 2.26. The lowest BCUT2D eigenvalue weighted by Gasteiger charge is -2.25. The van der Waals surface area contributed by atoms with Gasteiger partial charge in [-0.15, -0.1) is 0 Å². The molecular formula is C18H28N2O2. The molecule has 1 heterocycles. The second-order valence-electron chi connectivity index (χ2n) is 6.75. The number of benzene rings is 1. The summed E-state index contributed by atoms with van der Waals surface area (Å²) in [5.74, 6) is 0.905. The number of hydrogen-bond donors (Lipinski definition) is 2. The van der Waals surface area contributed by atoms with Gasteiger partial charge in [0.15, 0.2) is 0 Å². The van der Waals surface area contributed by atoms with Gasteiger partial charge in [-0.3, -0.25) is 4.90 Å². The first-order valence-electron chi connectivity index (χ1n) is 8.28. The van der Waals surface area contributed by atoms with Crippen LogP contribution in [0.4, 0.5) is 10.5 Å². The standard InChI is InChI=1S/C18H28N2O2/c1-13(2)10-15(8-9-21)12-19-18(22)20-14(3)11-16-6-4-5-7-17(16)20/h4-7,13-15,21H,8-12H2,1-3H3,(H,19,22). The molecule has 0 saturated heterocycles. The molecule has 2 unspecified atom stereocenters. The molecule has 22 heavy (non-hydrogen) atoms. The van der Waals surface area contributed by atoms with Crippen LogP contribution in [0.2, 0.25) is 0 Å². The maximum Gasteiger partial charge on any atom is 0.322 e. The largest absolute Gasteiger partial charge is 0.396 e. The van der Waals surface area contributed by atoms with Crippen LogP contribution < -0.4 is 10.2 Å². The number of nitrogens with zero attached hydrogens (tertiary/aromatic N) is 1. The Morgan fingerprint density at radius 2 is 2.14 bits per heavy atom. The van der Waals surface area contributed by atoms with Crippen molar-refractivity contribution in [3.63, 3.8) is 0 Å². The van der Waals surface area contributed by atoms with Crippen molar-refractivity contribution in [2.24, 2.45) is 11.8 Å². The van der Waals surface area contributed by atoms with Gasteiger partial charge in [0.1, 0.15) is 0 Å². The fourth-order valence-corrected chi connectivity index (χ4v) is 3.34. The molecule has 122 valence electrons. The van der Waals surface area contributed by atoms with Crippen molar-refractivity contribution in [3.8, 4) is 0 Å². The van der Waals surface area contributed by atoms with Crippen LogP contribution in [0.1, 0.15) is 39.2 Å². The maximum absolute atomic E-state index is 12.6. The number of fused-ring (bicyclic) bond motifs is 1. The minimum atomic E-state index is -0.0239. The van der Waals surface area contributed by atoms with Crippen LogP contribution in [0.3, 0.4) is 0 Å². The minimum absolute atomic E-state index is 0.0239. The third kappa shape index (κ3) is 4.01. The zero-order chi connectivity index (χ0) is 16.1. The van der Waals surface area contributed by atoms with Crippen molar-refractivity contribution in [1.29, 1.82) is 0 Å². The molecule has 0 bridgehead atoms. The molecule has 0 aliphatic carbocycles. The molecule has 1 aromatic rings. The van der Waals surface area contributed by atoms with E-state index in [9.17, 15) is 9.90 Å². The van der Waals surface area contributed by atoms with Crippen LogP contribution in [-0.4, -0.2) is 30.3 Å². The fraction of sp³-hybridized carbons (Fsp3) is 0.611. The molecular weight excluding hydrogens is 276 g/mol. The van der Waals surface area contributed by atoms with Gasteiger partial charge in [-0.25, -0.2) is 4.79 Å². The van der Waals surface area contributed by atoms with Gasteiger partial charge >= 0.3 is 6.03 Å². The van der Waals surface area contributed by atoms with E-state index in [-0.39, 0.29) is 18.7 Å². The normalized spacial score (nSPS) is 18.4. The molecule has 2 amide bonds. The van der Waals surface area contributed by atoms with Crippen molar-refractivity contribution in [2.75, 3.05) is 18.1 Å². The molecule has 0 saturated carbocycles. The van der Waals surface area contributed by atoms with E-state index in [1.807, 2.05) is 23.1 Å². The number of hydrogen-bond acceptors (Lipinski definition) is 2. The second kappa shape index (κ2) is 7.63. The van der Waals surface area contributed by atoms with Gasteiger partial charge in [-0.1, -0.05) is 32.0 Å². The maximum atomic E-state index is 12.6. The summed E-state index contributed by atoms with van der Waals surface area (Å²) in [4.78, 5) is 14.4. The lowest BCUT2D eigenvalue weighted by atomic mass is 9.94. The number of para-hydroxylation sites is 1. The highest BCUT2D eigenvalue weighted by molar-refractivity contribution is 5.94. The number of anilines is 1. The quantitative estimate of drug-likeness (QED) is 0.848. The lowest BCUT2D eigenvalue weighted by Crippen LogP contribution is -2.45. The van der Waals surface area contributed by atoms with Crippen molar-refractivity contribution >= 4 is 11.7 Å². The number of nitrogens with one attached hydrogen (secondary N) is 1. The Morgan fingerprint density at radius 1 is 1.41 bits per heavy atom. The van der Waals surface area contributed by atoms with Gasteiger partial charge in [0.25, 0.3) is 0 Å². The highest BCUT2D eigenvalue weighted by Gasteiger charge is 2.30. The van der Waals surface area contributed by atoms with Gasteiger partial charge in [-0.05, 0) is 49.7 Å². The number of rotatable bonds is 6. The van der Waals surface area contributed by atoms with Crippen molar-refractivity contribution in [2.45, 2.75) is 46.1 Å². The molecule has 0 fully saturated rings. The van der Waals surface area contributed by atoms with Crippen LogP contribution in [-0.2, 0) is 6.42 Å². The van der Waals surface area contributed by atoms with Gasteiger partial charge in [0.2, 0.25) is 0 Å². The zero-order valence-corrected chi connectivity index (χ0v) is 13.9. The van der Waals surface area contributed by atoms with Crippen LogP contribution in [0.15, 0.2) is 24.3 Å². The van der Waals surface area contributed by atoms with E-state index in [0.29, 0.717) is 18.4 Å². The number of amides is 2. The Balaban J connectivity index is 1.97. The zero-order valence-electron chi connectivity index (χ0n) is 13.9. The minimum Gasteiger partial charge on any atom is -0.396 e. The van der Waals surface area contributed by atoms with Crippen LogP contribution in [0.5, 0.6) is 0 Å². The number of carbonyl (C=O) groups excluding carboxylic acids is 1. The summed E-state index contributed by atoms with van der Waals surface area (Å²) in [6.45, 7) is 7.23. The Kier molecular flexibility index (Phi) is 5.83. The topological polar surface area (TPSA) is 52.6 Å². The highest BCUT2D eigenvalue weighted by atomic mass is 16.3. The van der Waals surface area contributed by atoms with E-state index in [1.54, 1.807) is 0 Å². The molecule has 0 spiro atoms. The van der Waals surface area contributed by atoms with Gasteiger partial charge in [0.05, 0.1) is 0 Å². The number of aliphatic hydroxyl groups excluding tert-OH is 1. The van der Waals surface area contributed by atoms with E-state index in [2.05, 4.69) is 32.2 Å². The first-order valence-corrected chi connectivity index (χ1v) is 8.28. The summed E-state index contributed by atoms with van der Waals surface area (Å²) < 4.78 is 0. The average Bonchev–Trinajstić information content (AvgIpc) is 2.80. The van der Waals surface area contributed by atoms with Crippen molar-refractivity contribution in [1.82, 2.24) is 5.32 Å². The highest BCUT2D eigenvalue weighted by Crippen LogP contribution is 2.31. The lowest BCUT2D eigenvalue weighted by molar-refractivity contribution is 0.227. The predicted octanol–water partition coefficient (Wildman–Crippen LogP) is 3.19. The number of urea groups is 1. The van der Waals surface area contributed by atoms with Crippen LogP contribution in [0, 0.1) is 11.8 Å². The molecule has 0 aromatic heterocycles. The van der Waals surface area contributed by atoms with E-state index in [4.69, 9.17) is 0 Å². The van der Waals surface area contributed by atoms with E-state index in [1.165, 1.54) is 5.56 Å². The molecule has 1 aromatic carbocycles. The third-order valence-electron chi connectivity index (χ3n) is 4.31. The summed E-state index contributed by atoms with van der Waals surface area (Å²) in [7, 11) is 0. The fourth-order valence-electron chi connectivity index (χ4n) is 3.34. The van der Waals surface area contributed by atoms with E-state index < -0.39 is 0 Å². The molecule has 4 nitrogen and oxygen atoms in total. The second-order valence-corrected chi connectivity index (χ2v) is 6.75. The summed E-state index contributed by atoms with van der Waals surface area (Å²) >= 11 is 0. The molecule has 2 atom stereocenters. The molecule has 1 aliphatic heterocycles. The molecule has 2 N–H and O–H groups in total. The Labute approximate surface area is 133 Å². The van der Waals surface area contributed by atoms with E-state index >= 15 is 0 Å². The Hall–Kier alpha value is -1.55. The van der Waals surface area contributed by atoms with Crippen molar-refractivity contribution in [3.05, 3.63) is 29.8 Å².